The minimum Gasteiger partial charge on any atom is -0.360 e. The highest BCUT2D eigenvalue weighted by atomic mass is 35.5. The number of fused-ring (bicyclic) bond motifs is 1. The van der Waals surface area contributed by atoms with Crippen LogP contribution in [-0.2, 0) is 6.42 Å². The quantitative estimate of drug-likeness (QED) is 0.773. The Morgan fingerprint density at radius 1 is 1.26 bits per heavy atom. The first-order chi connectivity index (χ1) is 11.1. The number of amides is 1. The van der Waals surface area contributed by atoms with Gasteiger partial charge in [0, 0.05) is 47.0 Å². The maximum Gasteiger partial charge on any atom is 0.256 e. The third kappa shape index (κ3) is 3.40. The zero-order valence-corrected chi connectivity index (χ0v) is 12.9. The molecule has 0 aliphatic rings. The molecule has 0 aliphatic heterocycles. The first kappa shape index (κ1) is 15.2. The van der Waals surface area contributed by atoms with Crippen LogP contribution < -0.4 is 10.7 Å². The SMILES string of the molecule is O=C(NCCc1ccccn1)c1c[nH]c2ccc(Cl)cc2c1=O. The van der Waals surface area contributed by atoms with Crippen LogP contribution in [0.1, 0.15) is 16.1 Å². The standard InChI is InChI=1S/C17H14ClN3O2/c18-11-4-5-15-13(9-11)16(22)14(10-21-15)17(23)20-8-6-12-3-1-2-7-19-12/h1-5,7,9-10H,6,8H2,(H,20,23)(H,21,22). The van der Waals surface area contributed by atoms with Gasteiger partial charge in [0.2, 0.25) is 5.43 Å². The van der Waals surface area contributed by atoms with E-state index in [1.807, 2.05) is 18.2 Å². The summed E-state index contributed by atoms with van der Waals surface area (Å²) in [5, 5.41) is 3.59. The summed E-state index contributed by atoms with van der Waals surface area (Å²) in [4.78, 5) is 31.7. The van der Waals surface area contributed by atoms with E-state index in [4.69, 9.17) is 11.6 Å². The Morgan fingerprint density at radius 2 is 2.13 bits per heavy atom. The number of hydrogen-bond donors (Lipinski definition) is 2. The molecular formula is C17H14ClN3O2. The van der Waals surface area contributed by atoms with E-state index in [2.05, 4.69) is 15.3 Å². The minimum absolute atomic E-state index is 0.0702. The van der Waals surface area contributed by atoms with E-state index in [1.165, 1.54) is 6.20 Å². The Morgan fingerprint density at radius 3 is 2.91 bits per heavy atom. The van der Waals surface area contributed by atoms with Crippen molar-refractivity contribution in [3.8, 4) is 0 Å². The summed E-state index contributed by atoms with van der Waals surface area (Å²) in [5.74, 6) is -0.413. The van der Waals surface area contributed by atoms with E-state index in [-0.39, 0.29) is 11.0 Å². The number of benzene rings is 1. The molecule has 2 aromatic heterocycles. The number of hydrogen-bond acceptors (Lipinski definition) is 3. The highest BCUT2D eigenvalue weighted by molar-refractivity contribution is 6.31. The molecule has 6 heteroatoms. The predicted molar refractivity (Wildman–Crippen MR) is 89.9 cm³/mol. The highest BCUT2D eigenvalue weighted by Crippen LogP contribution is 2.15. The summed E-state index contributed by atoms with van der Waals surface area (Å²) >= 11 is 5.91. The number of H-pyrrole nitrogens is 1. The van der Waals surface area contributed by atoms with Gasteiger partial charge in [-0.25, -0.2) is 0 Å². The van der Waals surface area contributed by atoms with Gasteiger partial charge in [-0.3, -0.25) is 14.6 Å². The van der Waals surface area contributed by atoms with E-state index >= 15 is 0 Å². The maximum atomic E-state index is 12.4. The average molecular weight is 328 g/mol. The van der Waals surface area contributed by atoms with Gasteiger partial charge in [0.05, 0.1) is 0 Å². The second-order valence-electron chi connectivity index (χ2n) is 5.05. The Balaban J connectivity index is 1.76. The Labute approximate surface area is 137 Å². The second-order valence-corrected chi connectivity index (χ2v) is 5.48. The van der Waals surface area contributed by atoms with Gasteiger partial charge in [0.15, 0.2) is 0 Å². The molecular weight excluding hydrogens is 314 g/mol. The van der Waals surface area contributed by atoms with Gasteiger partial charge in [-0.05, 0) is 30.3 Å². The third-order valence-corrected chi connectivity index (χ3v) is 3.72. The third-order valence-electron chi connectivity index (χ3n) is 3.48. The van der Waals surface area contributed by atoms with Crippen molar-refractivity contribution in [2.45, 2.75) is 6.42 Å². The molecule has 3 rings (SSSR count). The van der Waals surface area contributed by atoms with Gasteiger partial charge in [-0.1, -0.05) is 17.7 Å². The number of aromatic nitrogens is 2. The van der Waals surface area contributed by atoms with Crippen molar-refractivity contribution >= 4 is 28.4 Å². The molecule has 2 N–H and O–H groups in total. The van der Waals surface area contributed by atoms with Gasteiger partial charge in [-0.2, -0.15) is 0 Å². The number of rotatable bonds is 4. The van der Waals surface area contributed by atoms with Crippen molar-refractivity contribution in [1.82, 2.24) is 15.3 Å². The molecule has 2 heterocycles. The Kier molecular flexibility index (Phi) is 4.39. The summed E-state index contributed by atoms with van der Waals surface area (Å²) < 4.78 is 0. The van der Waals surface area contributed by atoms with Crippen LogP contribution in [0.25, 0.3) is 10.9 Å². The molecule has 0 spiro atoms. The van der Waals surface area contributed by atoms with Crippen molar-refractivity contribution in [3.63, 3.8) is 0 Å². The van der Waals surface area contributed by atoms with Crippen molar-refractivity contribution in [2.24, 2.45) is 0 Å². The molecule has 0 saturated heterocycles. The molecule has 5 nitrogen and oxygen atoms in total. The lowest BCUT2D eigenvalue weighted by Gasteiger charge is -2.06. The first-order valence-electron chi connectivity index (χ1n) is 7.14. The fraction of sp³-hybridized carbons (Fsp3) is 0.118. The van der Waals surface area contributed by atoms with Gasteiger partial charge in [0.25, 0.3) is 5.91 Å². The molecule has 0 radical (unpaired) electrons. The topological polar surface area (TPSA) is 74.8 Å². The lowest BCUT2D eigenvalue weighted by atomic mass is 10.1. The van der Waals surface area contributed by atoms with Crippen LogP contribution in [-0.4, -0.2) is 22.4 Å². The minimum atomic E-state index is -0.413. The average Bonchev–Trinajstić information content (AvgIpc) is 2.56. The zero-order chi connectivity index (χ0) is 16.2. The summed E-state index contributed by atoms with van der Waals surface area (Å²) in [5.41, 5.74) is 1.26. The van der Waals surface area contributed by atoms with Crippen LogP contribution in [0.4, 0.5) is 0 Å². The number of carbonyl (C=O) groups is 1. The normalized spacial score (nSPS) is 10.7. The largest absolute Gasteiger partial charge is 0.360 e. The van der Waals surface area contributed by atoms with E-state index in [9.17, 15) is 9.59 Å². The molecule has 0 unspecified atom stereocenters. The molecule has 0 fully saturated rings. The van der Waals surface area contributed by atoms with Crippen LogP contribution in [0.2, 0.25) is 5.02 Å². The molecule has 23 heavy (non-hydrogen) atoms. The molecule has 0 saturated carbocycles. The molecule has 1 aromatic carbocycles. The molecule has 0 atom stereocenters. The molecule has 1 amide bonds. The van der Waals surface area contributed by atoms with Gasteiger partial charge in [-0.15, -0.1) is 0 Å². The number of aromatic amines is 1. The smallest absolute Gasteiger partial charge is 0.256 e. The van der Waals surface area contributed by atoms with Gasteiger partial charge in [0.1, 0.15) is 5.56 Å². The van der Waals surface area contributed by atoms with Crippen LogP contribution in [0.3, 0.4) is 0 Å². The lowest BCUT2D eigenvalue weighted by molar-refractivity contribution is 0.0953. The van der Waals surface area contributed by atoms with Crippen LogP contribution >= 0.6 is 11.6 Å². The van der Waals surface area contributed by atoms with Crippen molar-refractivity contribution in [3.05, 3.63) is 75.3 Å². The Hall–Kier alpha value is -2.66. The van der Waals surface area contributed by atoms with E-state index < -0.39 is 5.91 Å². The van der Waals surface area contributed by atoms with Crippen molar-refractivity contribution in [1.29, 1.82) is 0 Å². The monoisotopic (exact) mass is 327 g/mol. The predicted octanol–water partition coefficient (Wildman–Crippen LogP) is 2.55. The van der Waals surface area contributed by atoms with E-state index in [1.54, 1.807) is 24.4 Å². The fourth-order valence-corrected chi connectivity index (χ4v) is 2.48. The molecule has 116 valence electrons. The van der Waals surface area contributed by atoms with Gasteiger partial charge < -0.3 is 10.3 Å². The first-order valence-corrected chi connectivity index (χ1v) is 7.52. The van der Waals surface area contributed by atoms with Crippen molar-refractivity contribution in [2.75, 3.05) is 6.54 Å². The number of nitrogens with zero attached hydrogens (tertiary/aromatic N) is 1. The number of carbonyl (C=O) groups excluding carboxylic acids is 1. The van der Waals surface area contributed by atoms with Crippen LogP contribution in [0, 0.1) is 0 Å². The maximum absolute atomic E-state index is 12.4. The number of halogens is 1. The summed E-state index contributed by atoms with van der Waals surface area (Å²) in [6, 6.07) is 10.6. The second kappa shape index (κ2) is 6.62. The zero-order valence-electron chi connectivity index (χ0n) is 12.2. The van der Waals surface area contributed by atoms with Crippen LogP contribution in [0.15, 0.2) is 53.6 Å². The Bertz CT molecular complexity index is 907. The summed E-state index contributed by atoms with van der Waals surface area (Å²) in [6.45, 7) is 0.406. The summed E-state index contributed by atoms with van der Waals surface area (Å²) in [6.07, 6.45) is 3.73. The number of nitrogens with one attached hydrogen (secondary N) is 2. The number of pyridine rings is 2. The van der Waals surface area contributed by atoms with Crippen LogP contribution in [0.5, 0.6) is 0 Å². The summed E-state index contributed by atoms with van der Waals surface area (Å²) in [7, 11) is 0. The molecule has 0 bridgehead atoms. The fourth-order valence-electron chi connectivity index (χ4n) is 2.30. The van der Waals surface area contributed by atoms with Gasteiger partial charge >= 0.3 is 0 Å². The van der Waals surface area contributed by atoms with E-state index in [0.717, 1.165) is 5.69 Å². The molecule has 0 aliphatic carbocycles. The van der Waals surface area contributed by atoms with E-state index in [0.29, 0.717) is 28.9 Å². The molecule has 3 aromatic rings. The highest BCUT2D eigenvalue weighted by Gasteiger charge is 2.12. The lowest BCUT2D eigenvalue weighted by Crippen LogP contribution is -2.30. The van der Waals surface area contributed by atoms with Crippen molar-refractivity contribution < 1.29 is 4.79 Å².